The van der Waals surface area contributed by atoms with E-state index in [2.05, 4.69) is 5.32 Å². The van der Waals surface area contributed by atoms with Crippen LogP contribution in [-0.2, 0) is 11.3 Å². The Labute approximate surface area is 145 Å². The molecule has 5 nitrogen and oxygen atoms in total. The second-order valence-corrected chi connectivity index (χ2v) is 6.28. The van der Waals surface area contributed by atoms with Gasteiger partial charge in [0.25, 0.3) is 0 Å². The van der Waals surface area contributed by atoms with Crippen molar-refractivity contribution < 1.29 is 19.7 Å². The average Bonchev–Trinajstić information content (AvgIpc) is 2.64. The maximum atomic E-state index is 11.9. The quantitative estimate of drug-likeness (QED) is 0.639. The first-order valence-electron chi connectivity index (χ1n) is 7.63. The van der Waals surface area contributed by atoms with Gasteiger partial charge in [0, 0.05) is 10.6 Å². The molecule has 6 heteroatoms. The van der Waals surface area contributed by atoms with Crippen molar-refractivity contribution in [2.45, 2.75) is 23.6 Å². The van der Waals surface area contributed by atoms with Crippen molar-refractivity contribution in [2.75, 3.05) is 12.4 Å². The summed E-state index contributed by atoms with van der Waals surface area (Å²) in [6.45, 7) is -0.278. The van der Waals surface area contributed by atoms with Crippen LogP contribution in [0.5, 0.6) is 0 Å². The maximum Gasteiger partial charge on any atom is 0.407 e. The van der Waals surface area contributed by atoms with E-state index in [9.17, 15) is 15.0 Å². The Kier molecular flexibility index (Phi) is 7.61. The molecule has 0 fully saturated rings. The molecule has 0 aliphatic carbocycles. The van der Waals surface area contributed by atoms with Crippen LogP contribution in [0.2, 0.25) is 0 Å². The van der Waals surface area contributed by atoms with Crippen LogP contribution in [-0.4, -0.2) is 40.8 Å². The Morgan fingerprint density at radius 2 is 1.71 bits per heavy atom. The number of carbonyl (C=O) groups excluding carboxylic acids is 1. The molecule has 0 saturated heterocycles. The lowest BCUT2D eigenvalue weighted by molar-refractivity contribution is 0.0637. The van der Waals surface area contributed by atoms with Crippen LogP contribution in [0.25, 0.3) is 0 Å². The van der Waals surface area contributed by atoms with Gasteiger partial charge in [-0.05, 0) is 17.7 Å². The van der Waals surface area contributed by atoms with Crippen LogP contribution < -0.4 is 5.32 Å². The molecule has 2 atom stereocenters. The van der Waals surface area contributed by atoms with Crippen molar-refractivity contribution in [2.24, 2.45) is 0 Å². The highest BCUT2D eigenvalue weighted by atomic mass is 32.2. The zero-order chi connectivity index (χ0) is 17.2. The van der Waals surface area contributed by atoms with E-state index in [1.54, 1.807) is 0 Å². The van der Waals surface area contributed by atoms with Gasteiger partial charge >= 0.3 is 6.09 Å². The fraction of sp³-hybridized carbons (Fsp3) is 0.278. The second-order valence-electron chi connectivity index (χ2n) is 5.19. The Morgan fingerprint density at radius 3 is 2.33 bits per heavy atom. The standard InChI is InChI=1S/C18H21NO4S/c20-11-17(21)16(13-24-15-9-5-2-6-10-15)19-18(22)23-12-14-7-3-1-4-8-14/h1-10,16-17,20-21H,11-13H2,(H,19,22)/t16-,17+/m0/s1. The fourth-order valence-electron chi connectivity index (χ4n) is 2.00. The zero-order valence-corrected chi connectivity index (χ0v) is 14.0. The molecule has 2 aromatic carbocycles. The minimum Gasteiger partial charge on any atom is -0.445 e. The number of aliphatic hydroxyl groups excluding tert-OH is 2. The molecule has 3 N–H and O–H groups in total. The number of amides is 1. The molecule has 0 heterocycles. The summed E-state index contributed by atoms with van der Waals surface area (Å²) in [5, 5.41) is 21.7. The lowest BCUT2D eigenvalue weighted by Gasteiger charge is -2.22. The molecule has 0 saturated carbocycles. The van der Waals surface area contributed by atoms with Gasteiger partial charge in [-0.3, -0.25) is 0 Å². The van der Waals surface area contributed by atoms with E-state index < -0.39 is 24.8 Å². The molecule has 0 aromatic heterocycles. The van der Waals surface area contributed by atoms with Gasteiger partial charge in [-0.25, -0.2) is 4.79 Å². The summed E-state index contributed by atoms with van der Waals surface area (Å²) in [6.07, 6.45) is -1.67. The minimum absolute atomic E-state index is 0.153. The largest absolute Gasteiger partial charge is 0.445 e. The fourth-order valence-corrected chi connectivity index (χ4v) is 3.02. The van der Waals surface area contributed by atoms with Crippen molar-refractivity contribution in [1.29, 1.82) is 0 Å². The Bertz CT molecular complexity index is 609. The molecule has 1 amide bonds. The third-order valence-electron chi connectivity index (χ3n) is 3.34. The summed E-state index contributed by atoms with van der Waals surface area (Å²) in [7, 11) is 0. The highest BCUT2D eigenvalue weighted by molar-refractivity contribution is 7.99. The molecule has 2 rings (SSSR count). The Morgan fingerprint density at radius 1 is 1.08 bits per heavy atom. The third kappa shape index (κ3) is 6.23. The Balaban J connectivity index is 1.84. The smallest absolute Gasteiger partial charge is 0.407 e. The number of rotatable bonds is 8. The highest BCUT2D eigenvalue weighted by Crippen LogP contribution is 2.19. The maximum absolute atomic E-state index is 11.9. The lowest BCUT2D eigenvalue weighted by Crippen LogP contribution is -2.46. The average molecular weight is 347 g/mol. The summed E-state index contributed by atoms with van der Waals surface area (Å²) >= 11 is 1.49. The molecule has 128 valence electrons. The van der Waals surface area contributed by atoms with E-state index in [1.165, 1.54) is 11.8 Å². The van der Waals surface area contributed by atoms with Gasteiger partial charge in [-0.1, -0.05) is 48.5 Å². The van der Waals surface area contributed by atoms with E-state index in [1.807, 2.05) is 60.7 Å². The minimum atomic E-state index is -1.05. The molecule has 0 radical (unpaired) electrons. The summed E-state index contributed by atoms with van der Waals surface area (Å²) in [6, 6.07) is 18.4. The predicted octanol–water partition coefficient (Wildman–Crippen LogP) is 2.43. The number of alkyl carbamates (subject to hydrolysis) is 1. The molecule has 0 unspecified atom stereocenters. The number of hydrogen-bond donors (Lipinski definition) is 3. The number of aliphatic hydroxyl groups is 2. The topological polar surface area (TPSA) is 78.8 Å². The summed E-state index contributed by atoms with van der Waals surface area (Å²) < 4.78 is 5.15. The number of hydrogen-bond acceptors (Lipinski definition) is 5. The van der Waals surface area contributed by atoms with Crippen LogP contribution in [0, 0.1) is 0 Å². The van der Waals surface area contributed by atoms with Gasteiger partial charge in [0.2, 0.25) is 0 Å². The van der Waals surface area contributed by atoms with Gasteiger partial charge in [0.05, 0.1) is 18.8 Å². The summed E-state index contributed by atoms with van der Waals surface area (Å²) in [4.78, 5) is 12.9. The lowest BCUT2D eigenvalue weighted by atomic mass is 10.2. The summed E-state index contributed by atoms with van der Waals surface area (Å²) in [5.74, 6) is 0.423. The molecule has 24 heavy (non-hydrogen) atoms. The molecular formula is C18H21NO4S. The van der Waals surface area contributed by atoms with Gasteiger partial charge in [-0.2, -0.15) is 0 Å². The van der Waals surface area contributed by atoms with Gasteiger partial charge in [0.1, 0.15) is 6.61 Å². The molecular weight excluding hydrogens is 326 g/mol. The van der Waals surface area contributed by atoms with Gasteiger partial charge in [-0.15, -0.1) is 11.8 Å². The van der Waals surface area contributed by atoms with E-state index in [0.717, 1.165) is 10.5 Å². The number of carbonyl (C=O) groups is 1. The zero-order valence-electron chi connectivity index (χ0n) is 13.2. The van der Waals surface area contributed by atoms with Crippen LogP contribution in [0.3, 0.4) is 0 Å². The van der Waals surface area contributed by atoms with Crippen molar-refractivity contribution in [3.63, 3.8) is 0 Å². The number of thioether (sulfide) groups is 1. The van der Waals surface area contributed by atoms with Crippen molar-refractivity contribution in [1.82, 2.24) is 5.32 Å². The second kappa shape index (κ2) is 9.97. The normalized spacial score (nSPS) is 13.1. The first kappa shape index (κ1) is 18.3. The molecule has 0 spiro atoms. The van der Waals surface area contributed by atoms with Crippen LogP contribution in [0.15, 0.2) is 65.6 Å². The molecule has 0 bridgehead atoms. The van der Waals surface area contributed by atoms with Crippen molar-refractivity contribution in [3.8, 4) is 0 Å². The van der Waals surface area contributed by atoms with Crippen LogP contribution in [0.4, 0.5) is 4.79 Å². The first-order valence-corrected chi connectivity index (χ1v) is 8.61. The van der Waals surface area contributed by atoms with E-state index >= 15 is 0 Å². The molecule has 0 aliphatic rings. The van der Waals surface area contributed by atoms with E-state index in [-0.39, 0.29) is 6.61 Å². The number of ether oxygens (including phenoxy) is 1. The predicted molar refractivity (Wildman–Crippen MR) is 93.8 cm³/mol. The molecule has 0 aliphatic heterocycles. The van der Waals surface area contributed by atoms with Gasteiger partial charge < -0.3 is 20.3 Å². The van der Waals surface area contributed by atoms with Crippen molar-refractivity contribution >= 4 is 17.9 Å². The number of benzene rings is 2. The van der Waals surface area contributed by atoms with Gasteiger partial charge in [0.15, 0.2) is 0 Å². The first-order chi connectivity index (χ1) is 11.7. The van der Waals surface area contributed by atoms with E-state index in [4.69, 9.17) is 4.74 Å². The Hall–Kier alpha value is -2.02. The highest BCUT2D eigenvalue weighted by Gasteiger charge is 2.21. The summed E-state index contributed by atoms with van der Waals surface area (Å²) in [5.41, 5.74) is 0.880. The monoisotopic (exact) mass is 347 g/mol. The van der Waals surface area contributed by atoms with E-state index in [0.29, 0.717) is 5.75 Å². The third-order valence-corrected chi connectivity index (χ3v) is 4.47. The molecule has 2 aromatic rings. The number of nitrogens with one attached hydrogen (secondary N) is 1. The van der Waals surface area contributed by atoms with Crippen LogP contribution >= 0.6 is 11.8 Å². The van der Waals surface area contributed by atoms with Crippen LogP contribution in [0.1, 0.15) is 5.56 Å². The SMILES string of the molecule is O=C(N[C@@H](CSc1ccccc1)[C@H](O)CO)OCc1ccccc1. The van der Waals surface area contributed by atoms with Crippen molar-refractivity contribution in [3.05, 3.63) is 66.2 Å².